The second kappa shape index (κ2) is 17.0. The van der Waals surface area contributed by atoms with Gasteiger partial charge >= 0.3 is 0 Å². The maximum Gasteiger partial charge on any atom is 0.209 e. The Labute approximate surface area is 341 Å². The maximum atomic E-state index is 6.05. The molecule has 57 heavy (non-hydrogen) atoms. The normalized spacial score (nSPS) is 18.3. The van der Waals surface area contributed by atoms with Gasteiger partial charge in [-0.2, -0.15) is 4.58 Å². The monoisotopic (exact) mass is 762 g/mol. The van der Waals surface area contributed by atoms with E-state index in [-0.39, 0.29) is 10.8 Å². The minimum atomic E-state index is -0.120. The third-order valence-electron chi connectivity index (χ3n) is 11.8. The SMILES string of the molecule is CCCOc1ccc(N(C2=C(/C=C/C3=[N+](CC)c4ccccc4C3(C)C)CC/C2=C\C=C2\N(CC)c3ccccc3C2(C)C)c2ccc(OCCOC)cc2)cc1. The van der Waals surface area contributed by atoms with Crippen LogP contribution in [0.1, 0.15) is 78.9 Å². The Morgan fingerprint density at radius 3 is 1.95 bits per heavy atom. The van der Waals surface area contributed by atoms with Crippen LogP contribution in [0.2, 0.25) is 0 Å². The zero-order chi connectivity index (χ0) is 40.2. The average molecular weight is 763 g/mol. The molecule has 6 heteroatoms. The third kappa shape index (κ3) is 7.72. The van der Waals surface area contributed by atoms with Crippen LogP contribution in [0.5, 0.6) is 11.5 Å². The van der Waals surface area contributed by atoms with E-state index in [1.54, 1.807) is 7.11 Å². The van der Waals surface area contributed by atoms with Gasteiger partial charge in [0.25, 0.3) is 0 Å². The number of benzene rings is 4. The number of likely N-dealkylation sites (N-methyl/N-ethyl adjacent to an activating group) is 1. The van der Waals surface area contributed by atoms with E-state index in [0.717, 1.165) is 55.2 Å². The van der Waals surface area contributed by atoms with Crippen LogP contribution in [0.25, 0.3) is 0 Å². The van der Waals surface area contributed by atoms with Crippen molar-refractivity contribution < 1.29 is 18.8 Å². The molecule has 0 saturated heterocycles. The largest absolute Gasteiger partial charge is 0.494 e. The van der Waals surface area contributed by atoms with Crippen LogP contribution in [0.15, 0.2) is 144 Å². The Balaban J connectivity index is 1.39. The van der Waals surface area contributed by atoms with E-state index < -0.39 is 0 Å². The summed E-state index contributed by atoms with van der Waals surface area (Å²) < 4.78 is 19.8. The van der Waals surface area contributed by atoms with Gasteiger partial charge in [0.2, 0.25) is 5.69 Å². The summed E-state index contributed by atoms with van der Waals surface area (Å²) in [6.45, 7) is 19.6. The Kier molecular flexibility index (Phi) is 11.9. The topological polar surface area (TPSA) is 37.2 Å². The molecule has 3 aliphatic rings. The lowest BCUT2D eigenvalue weighted by Gasteiger charge is -2.29. The standard InChI is InChI=1S/C51H60N3O3/c1-9-34-56-41-28-24-39(25-29-41)54(40-26-30-42(31-27-40)57-36-35-55-8)49-37(22-32-47-50(4,5)43-16-12-14-18-45(43)52(47)10-2)20-21-38(49)23-33-48-51(6,7)44-17-13-15-19-46(44)53(48)11-3/h12-19,22-33H,9-11,20-21,34-36H2,1-8H3/q+1. The van der Waals surface area contributed by atoms with Crippen LogP contribution in [0, 0.1) is 0 Å². The van der Waals surface area contributed by atoms with Gasteiger partial charge in [-0.15, -0.1) is 0 Å². The lowest BCUT2D eigenvalue weighted by atomic mass is 9.81. The highest BCUT2D eigenvalue weighted by molar-refractivity contribution is 6.03. The summed E-state index contributed by atoms with van der Waals surface area (Å²) in [6, 6.07) is 34.8. The quantitative estimate of drug-likeness (QED) is 0.0890. The Bertz CT molecular complexity index is 2220. The van der Waals surface area contributed by atoms with Crippen molar-refractivity contribution >= 4 is 28.5 Å². The van der Waals surface area contributed by atoms with E-state index in [9.17, 15) is 0 Å². The zero-order valence-electron chi connectivity index (χ0n) is 35.3. The second-order valence-electron chi connectivity index (χ2n) is 16.1. The zero-order valence-corrected chi connectivity index (χ0v) is 35.3. The molecule has 2 heterocycles. The van der Waals surface area contributed by atoms with E-state index in [2.05, 4.69) is 184 Å². The van der Waals surface area contributed by atoms with E-state index in [4.69, 9.17) is 14.2 Å². The van der Waals surface area contributed by atoms with Gasteiger partial charge in [-0.05, 0) is 124 Å². The van der Waals surface area contributed by atoms with Gasteiger partial charge in [-0.1, -0.05) is 69.3 Å². The first-order valence-electron chi connectivity index (χ1n) is 20.8. The number of anilines is 3. The number of para-hydroxylation sites is 2. The van der Waals surface area contributed by atoms with E-state index in [0.29, 0.717) is 19.8 Å². The summed E-state index contributed by atoms with van der Waals surface area (Å²) in [5, 5.41) is 0. The van der Waals surface area contributed by atoms with Crippen LogP contribution in [0.4, 0.5) is 22.7 Å². The molecule has 7 rings (SSSR count). The van der Waals surface area contributed by atoms with Crippen molar-refractivity contribution in [1.82, 2.24) is 0 Å². The Morgan fingerprint density at radius 1 is 0.684 bits per heavy atom. The fourth-order valence-corrected chi connectivity index (χ4v) is 8.90. The Morgan fingerprint density at radius 2 is 1.32 bits per heavy atom. The predicted molar refractivity (Wildman–Crippen MR) is 237 cm³/mol. The summed E-state index contributed by atoms with van der Waals surface area (Å²) in [5.74, 6) is 1.70. The first kappa shape index (κ1) is 39.9. The highest BCUT2D eigenvalue weighted by Gasteiger charge is 2.44. The number of rotatable bonds is 15. The van der Waals surface area contributed by atoms with E-state index in [1.807, 2.05) is 0 Å². The lowest BCUT2D eigenvalue weighted by molar-refractivity contribution is -0.433. The Hall–Kier alpha value is -5.33. The molecule has 6 nitrogen and oxygen atoms in total. The average Bonchev–Trinajstić information content (AvgIpc) is 3.80. The minimum Gasteiger partial charge on any atom is -0.494 e. The number of ether oxygens (including phenoxy) is 3. The van der Waals surface area contributed by atoms with Gasteiger partial charge < -0.3 is 24.0 Å². The minimum absolute atomic E-state index is 0.120. The fourth-order valence-electron chi connectivity index (χ4n) is 8.90. The fraction of sp³-hybridized carbons (Fsp3) is 0.353. The van der Waals surface area contributed by atoms with Crippen LogP contribution < -0.4 is 19.3 Å². The van der Waals surface area contributed by atoms with Crippen molar-refractivity contribution in [2.75, 3.05) is 49.8 Å². The summed E-state index contributed by atoms with van der Waals surface area (Å²) in [6.07, 6.45) is 12.4. The molecule has 0 unspecified atom stereocenters. The van der Waals surface area contributed by atoms with Gasteiger partial charge in [-0.3, -0.25) is 0 Å². The van der Waals surface area contributed by atoms with E-state index >= 15 is 0 Å². The maximum absolute atomic E-state index is 6.05. The lowest BCUT2D eigenvalue weighted by Crippen LogP contribution is -2.27. The molecule has 0 aromatic heterocycles. The van der Waals surface area contributed by atoms with Crippen molar-refractivity contribution in [3.05, 3.63) is 155 Å². The molecule has 0 radical (unpaired) electrons. The van der Waals surface area contributed by atoms with Crippen LogP contribution in [-0.2, 0) is 15.6 Å². The first-order valence-corrected chi connectivity index (χ1v) is 20.8. The molecule has 0 saturated carbocycles. The number of nitrogens with zero attached hydrogens (tertiary/aromatic N) is 3. The molecule has 4 aromatic carbocycles. The van der Waals surface area contributed by atoms with E-state index in [1.165, 1.54) is 50.8 Å². The molecule has 0 amide bonds. The molecule has 4 aromatic rings. The number of allylic oxidation sites excluding steroid dienone is 7. The smallest absolute Gasteiger partial charge is 0.209 e. The summed E-state index contributed by atoms with van der Waals surface area (Å²) in [4.78, 5) is 4.92. The van der Waals surface area contributed by atoms with Crippen molar-refractivity contribution in [1.29, 1.82) is 0 Å². The number of fused-ring (bicyclic) bond motifs is 2. The van der Waals surface area contributed by atoms with Crippen molar-refractivity contribution in [2.45, 2.75) is 78.6 Å². The molecule has 296 valence electrons. The van der Waals surface area contributed by atoms with Gasteiger partial charge in [0.15, 0.2) is 5.71 Å². The molecule has 2 aliphatic heterocycles. The van der Waals surface area contributed by atoms with Crippen molar-refractivity contribution in [3.8, 4) is 11.5 Å². The number of hydrogen-bond donors (Lipinski definition) is 0. The van der Waals surface area contributed by atoms with Crippen LogP contribution in [-0.4, -0.2) is 50.3 Å². The summed E-state index contributed by atoms with van der Waals surface area (Å²) >= 11 is 0. The second-order valence-corrected chi connectivity index (χ2v) is 16.1. The molecular weight excluding hydrogens is 703 g/mol. The van der Waals surface area contributed by atoms with Crippen molar-refractivity contribution in [3.63, 3.8) is 0 Å². The highest BCUT2D eigenvalue weighted by Crippen LogP contribution is 2.49. The predicted octanol–water partition coefficient (Wildman–Crippen LogP) is 12.0. The molecule has 0 spiro atoms. The molecule has 0 N–H and O–H groups in total. The van der Waals surface area contributed by atoms with Gasteiger partial charge in [-0.25, -0.2) is 0 Å². The van der Waals surface area contributed by atoms with Crippen molar-refractivity contribution in [2.24, 2.45) is 0 Å². The highest BCUT2D eigenvalue weighted by atomic mass is 16.5. The van der Waals surface area contributed by atoms with Crippen LogP contribution in [0.3, 0.4) is 0 Å². The summed E-state index contributed by atoms with van der Waals surface area (Å²) in [5.41, 5.74) is 13.7. The van der Waals surface area contributed by atoms with Gasteiger partial charge in [0.05, 0.1) is 24.3 Å². The van der Waals surface area contributed by atoms with Gasteiger partial charge in [0.1, 0.15) is 24.7 Å². The molecule has 0 bridgehead atoms. The molecule has 0 atom stereocenters. The third-order valence-corrected chi connectivity index (χ3v) is 11.8. The molecular formula is C51H60N3O3+. The first-order chi connectivity index (χ1) is 27.6. The number of hydrogen-bond acceptors (Lipinski definition) is 5. The molecule has 0 fully saturated rings. The summed E-state index contributed by atoms with van der Waals surface area (Å²) in [7, 11) is 1.70. The number of methoxy groups -OCH3 is 1. The molecule has 1 aliphatic carbocycles. The van der Waals surface area contributed by atoms with Crippen LogP contribution >= 0.6 is 0 Å². The van der Waals surface area contributed by atoms with Gasteiger partial charge in [0, 0.05) is 59.5 Å².